The van der Waals surface area contributed by atoms with Crippen LogP contribution in [-0.2, 0) is 4.79 Å². The smallest absolute Gasteiger partial charge is 0.329 e. The third-order valence-corrected chi connectivity index (χ3v) is 3.41. The number of nitrogens with one attached hydrogen (secondary N) is 2. The molecule has 0 spiro atoms. The summed E-state index contributed by atoms with van der Waals surface area (Å²) < 4.78 is 0. The molecular formula is C9H12N4O3S. The van der Waals surface area contributed by atoms with Gasteiger partial charge in [0.2, 0.25) is 5.13 Å². The van der Waals surface area contributed by atoms with E-state index in [0.717, 1.165) is 12.8 Å². The molecule has 0 aliphatic heterocycles. The molecule has 0 saturated heterocycles. The summed E-state index contributed by atoms with van der Waals surface area (Å²) in [5, 5.41) is 21.7. The average molecular weight is 256 g/mol. The molecule has 0 unspecified atom stereocenters. The lowest BCUT2D eigenvalue weighted by Gasteiger charge is -2.24. The predicted octanol–water partition coefficient (Wildman–Crippen LogP) is 1.06. The highest BCUT2D eigenvalue weighted by Crippen LogP contribution is 2.30. The molecule has 2 rings (SSSR count). The van der Waals surface area contributed by atoms with Crippen molar-refractivity contribution >= 4 is 28.5 Å². The van der Waals surface area contributed by atoms with E-state index in [4.69, 9.17) is 0 Å². The first-order chi connectivity index (χ1) is 8.12. The molecule has 2 amide bonds. The molecule has 7 nitrogen and oxygen atoms in total. The van der Waals surface area contributed by atoms with Gasteiger partial charge in [0.25, 0.3) is 0 Å². The van der Waals surface area contributed by atoms with Gasteiger partial charge in [0.1, 0.15) is 11.0 Å². The molecule has 0 aromatic carbocycles. The van der Waals surface area contributed by atoms with E-state index in [0.29, 0.717) is 18.0 Å². The maximum atomic E-state index is 11.6. The molecule has 17 heavy (non-hydrogen) atoms. The zero-order valence-electron chi connectivity index (χ0n) is 8.97. The second kappa shape index (κ2) is 4.66. The Labute approximate surface area is 101 Å². The van der Waals surface area contributed by atoms with Crippen LogP contribution in [-0.4, -0.2) is 32.8 Å². The first-order valence-electron chi connectivity index (χ1n) is 5.21. The van der Waals surface area contributed by atoms with E-state index in [1.165, 1.54) is 16.8 Å². The van der Waals surface area contributed by atoms with Crippen LogP contribution in [0.2, 0.25) is 0 Å². The van der Waals surface area contributed by atoms with E-state index in [-0.39, 0.29) is 0 Å². The minimum absolute atomic E-state index is 0.348. The van der Waals surface area contributed by atoms with Gasteiger partial charge in [0, 0.05) is 0 Å². The van der Waals surface area contributed by atoms with Gasteiger partial charge in [0.05, 0.1) is 0 Å². The molecule has 8 heteroatoms. The summed E-state index contributed by atoms with van der Waals surface area (Å²) in [6.45, 7) is 0. The van der Waals surface area contributed by atoms with Crippen molar-refractivity contribution in [1.29, 1.82) is 0 Å². The standard InChI is InChI=1S/C9H12N4O3S/c14-6(15)9(3-1-2-4-9)12-7(16)11-8-13-10-5-17-8/h5H,1-4H2,(H,14,15)(H2,11,12,13,16). The zero-order chi connectivity index (χ0) is 12.3. The minimum Gasteiger partial charge on any atom is -0.480 e. The van der Waals surface area contributed by atoms with Crippen molar-refractivity contribution in [2.45, 2.75) is 31.2 Å². The Morgan fingerprint density at radius 3 is 2.65 bits per heavy atom. The van der Waals surface area contributed by atoms with Gasteiger partial charge in [-0.15, -0.1) is 10.2 Å². The third-order valence-electron chi connectivity index (χ3n) is 2.80. The van der Waals surface area contributed by atoms with E-state index in [1.54, 1.807) is 0 Å². The zero-order valence-corrected chi connectivity index (χ0v) is 9.79. The number of aliphatic carboxylic acids is 1. The van der Waals surface area contributed by atoms with E-state index in [9.17, 15) is 14.7 Å². The number of hydrogen-bond acceptors (Lipinski definition) is 5. The van der Waals surface area contributed by atoms with Gasteiger partial charge in [-0.25, -0.2) is 9.59 Å². The molecule has 0 bridgehead atoms. The molecule has 0 atom stereocenters. The molecule has 1 fully saturated rings. The summed E-state index contributed by atoms with van der Waals surface area (Å²) in [7, 11) is 0. The SMILES string of the molecule is O=C(Nc1nncs1)NC1(C(=O)O)CCCC1. The fraction of sp³-hybridized carbons (Fsp3) is 0.556. The highest BCUT2D eigenvalue weighted by molar-refractivity contribution is 7.13. The van der Waals surface area contributed by atoms with Crippen molar-refractivity contribution in [2.24, 2.45) is 0 Å². The van der Waals surface area contributed by atoms with Gasteiger partial charge in [-0.05, 0) is 12.8 Å². The molecule has 1 saturated carbocycles. The van der Waals surface area contributed by atoms with Crippen molar-refractivity contribution in [3.63, 3.8) is 0 Å². The minimum atomic E-state index is -1.13. The monoisotopic (exact) mass is 256 g/mol. The maximum absolute atomic E-state index is 11.6. The number of hydrogen-bond donors (Lipinski definition) is 3. The average Bonchev–Trinajstić information content (AvgIpc) is 2.89. The van der Waals surface area contributed by atoms with E-state index in [2.05, 4.69) is 20.8 Å². The van der Waals surface area contributed by atoms with E-state index < -0.39 is 17.5 Å². The number of carbonyl (C=O) groups excluding carboxylic acids is 1. The van der Waals surface area contributed by atoms with Crippen LogP contribution in [0.3, 0.4) is 0 Å². The Hall–Kier alpha value is -1.70. The van der Waals surface area contributed by atoms with Crippen LogP contribution in [0.4, 0.5) is 9.93 Å². The van der Waals surface area contributed by atoms with Crippen LogP contribution in [0.25, 0.3) is 0 Å². The molecule has 1 aromatic rings. The number of carbonyl (C=O) groups is 2. The van der Waals surface area contributed by atoms with Crippen molar-refractivity contribution in [2.75, 3.05) is 5.32 Å². The van der Waals surface area contributed by atoms with Crippen LogP contribution in [0.1, 0.15) is 25.7 Å². The van der Waals surface area contributed by atoms with Gasteiger partial charge in [-0.1, -0.05) is 24.2 Å². The number of carboxylic acids is 1. The molecule has 1 aliphatic carbocycles. The first kappa shape index (κ1) is 11.8. The topological polar surface area (TPSA) is 104 Å². The molecule has 1 aromatic heterocycles. The first-order valence-corrected chi connectivity index (χ1v) is 6.09. The largest absolute Gasteiger partial charge is 0.480 e. The predicted molar refractivity (Wildman–Crippen MR) is 60.9 cm³/mol. The molecule has 1 aliphatic rings. The summed E-state index contributed by atoms with van der Waals surface area (Å²) in [4.78, 5) is 22.8. The summed E-state index contributed by atoms with van der Waals surface area (Å²) in [6, 6.07) is -0.550. The molecule has 3 N–H and O–H groups in total. The quantitative estimate of drug-likeness (QED) is 0.750. The van der Waals surface area contributed by atoms with Gasteiger partial charge >= 0.3 is 12.0 Å². The van der Waals surface area contributed by atoms with Crippen LogP contribution < -0.4 is 10.6 Å². The van der Waals surface area contributed by atoms with Crippen molar-refractivity contribution in [3.8, 4) is 0 Å². The lowest BCUT2D eigenvalue weighted by molar-refractivity contribution is -0.144. The van der Waals surface area contributed by atoms with Crippen LogP contribution in [0, 0.1) is 0 Å². The summed E-state index contributed by atoms with van der Waals surface area (Å²) in [5.41, 5.74) is 0.354. The van der Waals surface area contributed by atoms with Gasteiger partial charge in [0.15, 0.2) is 0 Å². The van der Waals surface area contributed by atoms with Crippen molar-refractivity contribution in [1.82, 2.24) is 15.5 Å². The fourth-order valence-corrected chi connectivity index (χ4v) is 2.38. The number of nitrogens with zero attached hydrogens (tertiary/aromatic N) is 2. The normalized spacial score (nSPS) is 17.6. The summed E-state index contributed by atoms with van der Waals surface area (Å²) in [6.07, 6.45) is 2.55. The summed E-state index contributed by atoms with van der Waals surface area (Å²) in [5.74, 6) is -0.984. The molecule has 1 heterocycles. The van der Waals surface area contributed by atoms with Gasteiger partial charge in [-0.3, -0.25) is 5.32 Å². The second-order valence-electron chi connectivity index (χ2n) is 3.92. The lowest BCUT2D eigenvalue weighted by Crippen LogP contribution is -2.53. The maximum Gasteiger partial charge on any atom is 0.329 e. The summed E-state index contributed by atoms with van der Waals surface area (Å²) >= 11 is 1.17. The Morgan fingerprint density at radius 2 is 2.12 bits per heavy atom. The van der Waals surface area contributed by atoms with Gasteiger partial charge < -0.3 is 10.4 Å². The number of carboxylic acid groups (broad SMARTS) is 1. The fourth-order valence-electron chi connectivity index (χ4n) is 1.94. The van der Waals surface area contributed by atoms with Crippen molar-refractivity contribution in [3.05, 3.63) is 5.51 Å². The number of urea groups is 1. The number of rotatable bonds is 3. The molecule has 92 valence electrons. The lowest BCUT2D eigenvalue weighted by atomic mass is 9.98. The van der Waals surface area contributed by atoms with Crippen LogP contribution >= 0.6 is 11.3 Å². The highest BCUT2D eigenvalue weighted by atomic mass is 32.1. The highest BCUT2D eigenvalue weighted by Gasteiger charge is 2.42. The Balaban J connectivity index is 1.99. The van der Waals surface area contributed by atoms with Crippen molar-refractivity contribution < 1.29 is 14.7 Å². The molecule has 0 radical (unpaired) electrons. The van der Waals surface area contributed by atoms with Crippen LogP contribution in [0.5, 0.6) is 0 Å². The Kier molecular flexibility index (Phi) is 3.23. The second-order valence-corrected chi connectivity index (χ2v) is 4.75. The molecular weight excluding hydrogens is 244 g/mol. The van der Waals surface area contributed by atoms with E-state index in [1.807, 2.05) is 0 Å². The third kappa shape index (κ3) is 2.52. The van der Waals surface area contributed by atoms with Gasteiger partial charge in [-0.2, -0.15) is 0 Å². The number of anilines is 1. The number of amides is 2. The number of aromatic nitrogens is 2. The Morgan fingerprint density at radius 1 is 1.41 bits per heavy atom. The van der Waals surface area contributed by atoms with Crippen LogP contribution in [0.15, 0.2) is 5.51 Å². The Bertz CT molecular complexity index is 414. The van der Waals surface area contributed by atoms with E-state index >= 15 is 0 Å².